The molecule has 0 bridgehead atoms. The molecule has 2 heterocycles. The third-order valence-corrected chi connectivity index (χ3v) is 4.42. The molecule has 0 amide bonds. The second kappa shape index (κ2) is 6.06. The zero-order chi connectivity index (χ0) is 15.7. The average Bonchev–Trinajstić information content (AvgIpc) is 2.73. The molecule has 3 rings (SSSR count). The number of carboxylic acids is 1. The summed E-state index contributed by atoms with van der Waals surface area (Å²) in [6.07, 6.45) is 0. The van der Waals surface area contributed by atoms with Crippen molar-refractivity contribution in [3.63, 3.8) is 0 Å². The molecule has 0 aliphatic carbocycles. The van der Waals surface area contributed by atoms with Gasteiger partial charge in [0.25, 0.3) is 0 Å². The summed E-state index contributed by atoms with van der Waals surface area (Å²) in [6, 6.07) is 4.15. The van der Waals surface area contributed by atoms with Crippen LogP contribution in [0, 0.1) is 19.8 Å². The van der Waals surface area contributed by atoms with E-state index in [1.54, 1.807) is 0 Å². The van der Waals surface area contributed by atoms with Gasteiger partial charge in [0.1, 0.15) is 5.82 Å². The minimum Gasteiger partial charge on any atom is -0.481 e. The van der Waals surface area contributed by atoms with Gasteiger partial charge in [0, 0.05) is 26.2 Å². The summed E-state index contributed by atoms with van der Waals surface area (Å²) in [5, 5.41) is 12.4. The van der Waals surface area contributed by atoms with Crippen molar-refractivity contribution in [2.24, 2.45) is 5.92 Å². The number of rotatable bonds is 3. The molecular formula is C16H22N4O2. The Labute approximate surface area is 129 Å². The van der Waals surface area contributed by atoms with Crippen molar-refractivity contribution in [2.45, 2.75) is 20.4 Å². The van der Waals surface area contributed by atoms with Crippen molar-refractivity contribution < 1.29 is 9.90 Å². The van der Waals surface area contributed by atoms with Crippen LogP contribution in [-0.2, 0) is 11.3 Å². The monoisotopic (exact) mass is 302 g/mol. The summed E-state index contributed by atoms with van der Waals surface area (Å²) in [4.78, 5) is 21.4. The number of fused-ring (bicyclic) bond motifs is 1. The minimum absolute atomic E-state index is 0.365. The van der Waals surface area contributed by atoms with Crippen molar-refractivity contribution in [2.75, 3.05) is 26.2 Å². The Hall–Kier alpha value is -1.92. The Morgan fingerprint density at radius 3 is 3.05 bits per heavy atom. The number of aliphatic carboxylic acids is 1. The highest BCUT2D eigenvalue weighted by molar-refractivity contribution is 5.79. The van der Waals surface area contributed by atoms with Gasteiger partial charge in [0.05, 0.1) is 23.5 Å². The number of nitrogens with zero attached hydrogens (tertiary/aromatic N) is 2. The van der Waals surface area contributed by atoms with Crippen LogP contribution in [0.4, 0.5) is 0 Å². The Bertz CT molecular complexity index is 695. The lowest BCUT2D eigenvalue weighted by Gasteiger charge is -2.20. The van der Waals surface area contributed by atoms with Crippen molar-refractivity contribution in [3.8, 4) is 0 Å². The number of benzene rings is 1. The van der Waals surface area contributed by atoms with Crippen LogP contribution in [0.5, 0.6) is 0 Å². The Balaban J connectivity index is 1.80. The molecule has 1 saturated heterocycles. The summed E-state index contributed by atoms with van der Waals surface area (Å²) < 4.78 is 0. The van der Waals surface area contributed by atoms with E-state index >= 15 is 0 Å². The molecule has 1 aliphatic rings. The highest BCUT2D eigenvalue weighted by Gasteiger charge is 2.24. The number of aromatic amines is 1. The van der Waals surface area contributed by atoms with Gasteiger partial charge < -0.3 is 15.4 Å². The van der Waals surface area contributed by atoms with E-state index in [2.05, 4.69) is 41.2 Å². The van der Waals surface area contributed by atoms with Crippen molar-refractivity contribution in [3.05, 3.63) is 29.1 Å². The third kappa shape index (κ3) is 2.98. The smallest absolute Gasteiger partial charge is 0.309 e. The quantitative estimate of drug-likeness (QED) is 0.796. The Morgan fingerprint density at radius 1 is 1.45 bits per heavy atom. The molecule has 22 heavy (non-hydrogen) atoms. The second-order valence-corrected chi connectivity index (χ2v) is 6.06. The first-order chi connectivity index (χ1) is 10.5. The molecule has 118 valence electrons. The van der Waals surface area contributed by atoms with Gasteiger partial charge in [-0.15, -0.1) is 0 Å². The SMILES string of the molecule is Cc1ccc2[nH]c(CN3CCNC[C@H](C(=O)O)C3)nc2c1C. The van der Waals surface area contributed by atoms with E-state index in [4.69, 9.17) is 4.98 Å². The van der Waals surface area contributed by atoms with Crippen LogP contribution < -0.4 is 5.32 Å². The summed E-state index contributed by atoms with van der Waals surface area (Å²) in [6.45, 7) is 7.54. The van der Waals surface area contributed by atoms with Gasteiger partial charge in [-0.1, -0.05) is 6.07 Å². The van der Waals surface area contributed by atoms with Crippen LogP contribution in [-0.4, -0.2) is 52.1 Å². The number of imidazole rings is 1. The highest BCUT2D eigenvalue weighted by Crippen LogP contribution is 2.20. The van der Waals surface area contributed by atoms with Gasteiger partial charge in [0.2, 0.25) is 0 Å². The van der Waals surface area contributed by atoms with Crippen molar-refractivity contribution >= 4 is 17.0 Å². The predicted octanol–water partition coefficient (Wildman–Crippen LogP) is 1.29. The van der Waals surface area contributed by atoms with Crippen LogP contribution in [0.3, 0.4) is 0 Å². The molecule has 1 fully saturated rings. The first-order valence-electron chi connectivity index (χ1n) is 7.65. The van der Waals surface area contributed by atoms with Crippen LogP contribution in [0.25, 0.3) is 11.0 Å². The number of nitrogens with one attached hydrogen (secondary N) is 2. The van der Waals surface area contributed by atoms with Gasteiger partial charge in [0.15, 0.2) is 0 Å². The molecule has 0 spiro atoms. The summed E-state index contributed by atoms with van der Waals surface area (Å²) in [5.41, 5.74) is 4.48. The van der Waals surface area contributed by atoms with Crippen LogP contribution in [0.2, 0.25) is 0 Å². The molecule has 1 aromatic carbocycles. The first kappa shape index (κ1) is 15.0. The van der Waals surface area contributed by atoms with E-state index in [0.717, 1.165) is 29.9 Å². The molecule has 0 radical (unpaired) electrons. The summed E-state index contributed by atoms with van der Waals surface area (Å²) in [7, 11) is 0. The van der Waals surface area contributed by atoms with Crippen LogP contribution in [0.1, 0.15) is 17.0 Å². The predicted molar refractivity (Wildman–Crippen MR) is 84.8 cm³/mol. The molecular weight excluding hydrogens is 280 g/mol. The standard InChI is InChI=1S/C16H22N4O2/c1-10-3-4-13-15(11(10)2)19-14(18-13)9-20-6-5-17-7-12(8-20)16(21)22/h3-4,12,17H,5-9H2,1-2H3,(H,18,19)(H,21,22)/t12-/m0/s1. The molecule has 1 aliphatic heterocycles. The molecule has 6 nitrogen and oxygen atoms in total. The fourth-order valence-electron chi connectivity index (χ4n) is 2.94. The third-order valence-electron chi connectivity index (χ3n) is 4.42. The van der Waals surface area contributed by atoms with E-state index in [9.17, 15) is 9.90 Å². The van der Waals surface area contributed by atoms with Crippen molar-refractivity contribution in [1.82, 2.24) is 20.2 Å². The highest BCUT2D eigenvalue weighted by atomic mass is 16.4. The van der Waals surface area contributed by atoms with Gasteiger partial charge in [-0.2, -0.15) is 0 Å². The lowest BCUT2D eigenvalue weighted by Crippen LogP contribution is -2.33. The molecule has 1 atom stereocenters. The van der Waals surface area contributed by atoms with E-state index in [0.29, 0.717) is 19.6 Å². The molecule has 6 heteroatoms. The number of aromatic nitrogens is 2. The summed E-state index contributed by atoms with van der Waals surface area (Å²) in [5.74, 6) is -0.207. The molecule has 1 aromatic heterocycles. The normalized spacial score (nSPS) is 20.2. The number of hydrogen-bond donors (Lipinski definition) is 3. The van der Waals surface area contributed by atoms with Crippen molar-refractivity contribution in [1.29, 1.82) is 0 Å². The Kier molecular flexibility index (Phi) is 4.13. The average molecular weight is 302 g/mol. The Morgan fingerprint density at radius 2 is 2.27 bits per heavy atom. The van der Waals surface area contributed by atoms with Gasteiger partial charge >= 0.3 is 5.97 Å². The fraction of sp³-hybridized carbons (Fsp3) is 0.500. The number of hydrogen-bond acceptors (Lipinski definition) is 4. The van der Waals surface area contributed by atoms with Crippen LogP contribution >= 0.6 is 0 Å². The zero-order valence-corrected chi connectivity index (χ0v) is 13.0. The van der Waals surface area contributed by atoms with E-state index in [1.807, 2.05) is 0 Å². The minimum atomic E-state index is -0.740. The second-order valence-electron chi connectivity index (χ2n) is 6.06. The molecule has 2 aromatic rings. The van der Waals surface area contributed by atoms with Gasteiger partial charge in [-0.25, -0.2) is 4.98 Å². The lowest BCUT2D eigenvalue weighted by atomic mass is 10.1. The summed E-state index contributed by atoms with van der Waals surface area (Å²) >= 11 is 0. The maximum Gasteiger partial charge on any atom is 0.309 e. The van der Waals surface area contributed by atoms with E-state index < -0.39 is 5.97 Å². The largest absolute Gasteiger partial charge is 0.481 e. The molecule has 0 unspecified atom stereocenters. The van der Waals surface area contributed by atoms with E-state index in [1.165, 1.54) is 11.1 Å². The maximum absolute atomic E-state index is 11.2. The molecule has 0 saturated carbocycles. The van der Waals surface area contributed by atoms with Gasteiger partial charge in [-0.05, 0) is 31.0 Å². The zero-order valence-electron chi connectivity index (χ0n) is 13.0. The van der Waals surface area contributed by atoms with Gasteiger partial charge in [-0.3, -0.25) is 9.69 Å². The van der Waals surface area contributed by atoms with E-state index in [-0.39, 0.29) is 5.92 Å². The maximum atomic E-state index is 11.2. The topological polar surface area (TPSA) is 81.2 Å². The number of carboxylic acid groups (broad SMARTS) is 1. The lowest BCUT2D eigenvalue weighted by molar-refractivity contribution is -0.142. The van der Waals surface area contributed by atoms with Crippen LogP contribution in [0.15, 0.2) is 12.1 Å². The first-order valence-corrected chi connectivity index (χ1v) is 7.65. The number of H-pyrrole nitrogens is 1. The number of aryl methyl sites for hydroxylation is 2. The number of carbonyl (C=O) groups is 1. The fourth-order valence-corrected chi connectivity index (χ4v) is 2.94. The molecule has 3 N–H and O–H groups in total.